The summed E-state index contributed by atoms with van der Waals surface area (Å²) in [5.74, 6) is 1.85. The Labute approximate surface area is 185 Å². The lowest BCUT2D eigenvalue weighted by Crippen LogP contribution is -2.28. The SMILES string of the molecule is CCN(Cc1cccc(-c2ccnc(CCCc3cccs3)n2)c1)CC1CCCC1. The monoisotopic (exact) mass is 419 g/mol. The molecule has 1 aliphatic carbocycles. The number of nitrogens with zero attached hydrogens (tertiary/aromatic N) is 3. The third-order valence-corrected chi connectivity index (χ3v) is 7.11. The normalized spacial score (nSPS) is 14.6. The van der Waals surface area contributed by atoms with E-state index in [9.17, 15) is 0 Å². The van der Waals surface area contributed by atoms with Gasteiger partial charge in [-0.1, -0.05) is 44.0 Å². The van der Waals surface area contributed by atoms with Crippen molar-refractivity contribution in [2.45, 2.75) is 58.4 Å². The second-order valence-electron chi connectivity index (χ2n) is 8.47. The quantitative estimate of drug-likeness (QED) is 0.381. The first-order valence-electron chi connectivity index (χ1n) is 11.5. The summed E-state index contributed by atoms with van der Waals surface area (Å²) in [5, 5.41) is 2.15. The molecule has 3 aromatic rings. The molecule has 4 heteroatoms. The zero-order valence-corrected chi connectivity index (χ0v) is 18.9. The van der Waals surface area contributed by atoms with E-state index in [-0.39, 0.29) is 0 Å². The van der Waals surface area contributed by atoms with Gasteiger partial charge in [0.1, 0.15) is 5.82 Å². The second-order valence-corrected chi connectivity index (χ2v) is 9.50. The van der Waals surface area contributed by atoms with Crippen molar-refractivity contribution < 1.29 is 0 Å². The summed E-state index contributed by atoms with van der Waals surface area (Å²) < 4.78 is 0. The van der Waals surface area contributed by atoms with Gasteiger partial charge in [0.2, 0.25) is 0 Å². The van der Waals surface area contributed by atoms with E-state index in [1.807, 2.05) is 23.6 Å². The highest BCUT2D eigenvalue weighted by molar-refractivity contribution is 7.09. The van der Waals surface area contributed by atoms with E-state index in [4.69, 9.17) is 4.98 Å². The van der Waals surface area contributed by atoms with Crippen molar-refractivity contribution in [3.05, 3.63) is 70.3 Å². The number of hydrogen-bond acceptors (Lipinski definition) is 4. The minimum Gasteiger partial charge on any atom is -0.299 e. The lowest BCUT2D eigenvalue weighted by Gasteiger charge is -2.24. The Bertz CT molecular complexity index is 900. The molecular formula is C26H33N3S. The molecule has 0 spiro atoms. The molecule has 1 aromatic carbocycles. The van der Waals surface area contributed by atoms with E-state index in [0.29, 0.717) is 0 Å². The molecule has 0 unspecified atom stereocenters. The van der Waals surface area contributed by atoms with E-state index in [2.05, 4.69) is 58.6 Å². The van der Waals surface area contributed by atoms with Gasteiger partial charge in [0, 0.05) is 36.1 Å². The van der Waals surface area contributed by atoms with E-state index >= 15 is 0 Å². The molecule has 2 heterocycles. The fourth-order valence-corrected chi connectivity index (χ4v) is 5.26. The third kappa shape index (κ3) is 5.99. The molecule has 158 valence electrons. The van der Waals surface area contributed by atoms with Crippen LogP contribution in [0.4, 0.5) is 0 Å². The Morgan fingerprint density at radius 2 is 1.97 bits per heavy atom. The Morgan fingerprint density at radius 3 is 2.77 bits per heavy atom. The molecule has 1 aliphatic rings. The first-order valence-corrected chi connectivity index (χ1v) is 12.3. The summed E-state index contributed by atoms with van der Waals surface area (Å²) in [6.07, 6.45) is 10.7. The molecule has 2 aromatic heterocycles. The summed E-state index contributed by atoms with van der Waals surface area (Å²) in [6, 6.07) is 15.3. The van der Waals surface area contributed by atoms with Gasteiger partial charge in [-0.25, -0.2) is 9.97 Å². The summed E-state index contributed by atoms with van der Waals surface area (Å²) in [5.41, 5.74) is 3.62. The second kappa shape index (κ2) is 10.8. The molecule has 0 N–H and O–H groups in total. The molecule has 0 aliphatic heterocycles. The number of aryl methyl sites for hydroxylation is 2. The van der Waals surface area contributed by atoms with Crippen molar-refractivity contribution in [3.8, 4) is 11.3 Å². The van der Waals surface area contributed by atoms with E-state index in [0.717, 1.165) is 49.8 Å². The fourth-order valence-electron chi connectivity index (χ4n) is 4.51. The minimum atomic E-state index is 0.895. The molecule has 1 fully saturated rings. The van der Waals surface area contributed by atoms with Crippen LogP contribution in [0.5, 0.6) is 0 Å². The lowest BCUT2D eigenvalue weighted by molar-refractivity contribution is 0.235. The van der Waals surface area contributed by atoms with Crippen molar-refractivity contribution in [2.75, 3.05) is 13.1 Å². The van der Waals surface area contributed by atoms with E-state index < -0.39 is 0 Å². The fraction of sp³-hybridized carbons (Fsp3) is 0.462. The van der Waals surface area contributed by atoms with Gasteiger partial charge in [-0.05, 0) is 67.3 Å². The van der Waals surface area contributed by atoms with Gasteiger partial charge in [-0.3, -0.25) is 4.90 Å². The van der Waals surface area contributed by atoms with Crippen LogP contribution < -0.4 is 0 Å². The summed E-state index contributed by atoms with van der Waals surface area (Å²) in [6.45, 7) is 5.66. The maximum absolute atomic E-state index is 4.86. The van der Waals surface area contributed by atoms with Crippen LogP contribution in [0.15, 0.2) is 54.0 Å². The largest absolute Gasteiger partial charge is 0.299 e. The molecule has 0 amide bonds. The van der Waals surface area contributed by atoms with E-state index in [1.165, 1.54) is 48.2 Å². The average Bonchev–Trinajstić information content (AvgIpc) is 3.48. The molecule has 1 saturated carbocycles. The van der Waals surface area contributed by atoms with Crippen molar-refractivity contribution in [1.82, 2.24) is 14.9 Å². The maximum atomic E-state index is 4.86. The van der Waals surface area contributed by atoms with Crippen molar-refractivity contribution in [2.24, 2.45) is 5.92 Å². The minimum absolute atomic E-state index is 0.895. The Hall–Kier alpha value is -2.04. The van der Waals surface area contributed by atoms with Crippen molar-refractivity contribution in [3.63, 3.8) is 0 Å². The van der Waals surface area contributed by atoms with Crippen molar-refractivity contribution in [1.29, 1.82) is 0 Å². The van der Waals surface area contributed by atoms with E-state index in [1.54, 1.807) is 0 Å². The van der Waals surface area contributed by atoms with Gasteiger partial charge < -0.3 is 0 Å². The molecule has 30 heavy (non-hydrogen) atoms. The molecule has 0 radical (unpaired) electrons. The summed E-state index contributed by atoms with van der Waals surface area (Å²) >= 11 is 1.83. The van der Waals surface area contributed by atoms with Gasteiger partial charge in [0.05, 0.1) is 5.69 Å². The first-order chi connectivity index (χ1) is 14.8. The molecule has 0 atom stereocenters. The van der Waals surface area contributed by atoms with Crippen LogP contribution >= 0.6 is 11.3 Å². The highest BCUT2D eigenvalue weighted by Crippen LogP contribution is 2.26. The molecule has 3 nitrogen and oxygen atoms in total. The Balaban J connectivity index is 1.38. The van der Waals surface area contributed by atoms with Crippen LogP contribution in [0, 0.1) is 5.92 Å². The van der Waals surface area contributed by atoms with Gasteiger partial charge in [0.15, 0.2) is 0 Å². The number of benzene rings is 1. The number of rotatable bonds is 10. The van der Waals surface area contributed by atoms with Crippen LogP contribution in [-0.4, -0.2) is 28.0 Å². The van der Waals surface area contributed by atoms with Gasteiger partial charge in [-0.2, -0.15) is 0 Å². The maximum Gasteiger partial charge on any atom is 0.128 e. The Morgan fingerprint density at radius 1 is 1.07 bits per heavy atom. The van der Waals surface area contributed by atoms with Gasteiger partial charge in [0.25, 0.3) is 0 Å². The first kappa shape index (κ1) is 21.2. The smallest absolute Gasteiger partial charge is 0.128 e. The van der Waals surface area contributed by atoms with Crippen LogP contribution in [0.1, 0.15) is 55.3 Å². The molecule has 4 rings (SSSR count). The molecule has 0 bridgehead atoms. The van der Waals surface area contributed by atoms with Gasteiger partial charge in [-0.15, -0.1) is 11.3 Å². The van der Waals surface area contributed by atoms with Crippen LogP contribution in [-0.2, 0) is 19.4 Å². The van der Waals surface area contributed by atoms with Crippen LogP contribution in [0.3, 0.4) is 0 Å². The standard InChI is InChI=1S/C26H33N3S/c1-2-29(19-21-8-3-4-9-21)20-22-10-5-11-23(18-22)25-15-16-27-26(28-25)14-6-12-24-13-7-17-30-24/h5,7,10-11,13,15-18,21H,2-4,6,8-9,12,14,19-20H2,1H3. The lowest BCUT2D eigenvalue weighted by atomic mass is 10.1. The zero-order chi connectivity index (χ0) is 20.6. The highest BCUT2D eigenvalue weighted by Gasteiger charge is 2.18. The van der Waals surface area contributed by atoms with Crippen molar-refractivity contribution >= 4 is 11.3 Å². The topological polar surface area (TPSA) is 29.0 Å². The van der Waals surface area contributed by atoms with Crippen LogP contribution in [0.25, 0.3) is 11.3 Å². The van der Waals surface area contributed by atoms with Crippen LogP contribution in [0.2, 0.25) is 0 Å². The predicted molar refractivity (Wildman–Crippen MR) is 127 cm³/mol. The highest BCUT2D eigenvalue weighted by atomic mass is 32.1. The number of aromatic nitrogens is 2. The zero-order valence-electron chi connectivity index (χ0n) is 18.1. The summed E-state index contributed by atoms with van der Waals surface area (Å²) in [7, 11) is 0. The Kier molecular flexibility index (Phi) is 7.65. The van der Waals surface area contributed by atoms with Gasteiger partial charge >= 0.3 is 0 Å². The summed E-state index contributed by atoms with van der Waals surface area (Å²) in [4.78, 5) is 13.4. The number of hydrogen-bond donors (Lipinski definition) is 0. The third-order valence-electron chi connectivity index (χ3n) is 6.18. The molecular weight excluding hydrogens is 386 g/mol. The molecule has 0 saturated heterocycles. The average molecular weight is 420 g/mol. The number of thiophene rings is 1. The predicted octanol–water partition coefficient (Wildman–Crippen LogP) is 6.39.